The molecular formula is C12H26O6Si. The largest absolute Gasteiger partial charge is 0.535 e. The van der Waals surface area contributed by atoms with Crippen LogP contribution in [0.5, 0.6) is 0 Å². The molecule has 0 rings (SSSR count). The van der Waals surface area contributed by atoms with Gasteiger partial charge in [-0.2, -0.15) is 0 Å². The van der Waals surface area contributed by atoms with E-state index in [0.29, 0.717) is 0 Å². The Balaban J connectivity index is 5.08. The molecule has 0 saturated carbocycles. The van der Waals surface area contributed by atoms with Crippen molar-refractivity contribution in [1.82, 2.24) is 0 Å². The van der Waals surface area contributed by atoms with E-state index in [1.54, 1.807) is 47.8 Å². The summed E-state index contributed by atoms with van der Waals surface area (Å²) in [6, 6.07) is 0. The highest BCUT2D eigenvalue weighted by molar-refractivity contribution is 6.66. The zero-order valence-corrected chi connectivity index (χ0v) is 13.8. The van der Waals surface area contributed by atoms with Crippen molar-refractivity contribution in [3.63, 3.8) is 0 Å². The minimum absolute atomic E-state index is 0.462. The summed E-state index contributed by atoms with van der Waals surface area (Å²) in [5.41, 5.74) is 1.77. The van der Waals surface area contributed by atoms with Gasteiger partial charge in [0.25, 0.3) is 0 Å². The minimum atomic E-state index is -3.10. The Bertz CT molecular complexity index is 229. The second-order valence-electron chi connectivity index (χ2n) is 3.87. The lowest BCUT2D eigenvalue weighted by molar-refractivity contribution is -0.158. The van der Waals surface area contributed by atoms with Crippen LogP contribution in [0.15, 0.2) is 11.8 Å². The highest BCUT2D eigenvalue weighted by Crippen LogP contribution is 2.20. The molecule has 3 atom stereocenters. The number of ether oxygens (including phenoxy) is 3. The molecule has 7 heteroatoms. The van der Waals surface area contributed by atoms with Crippen LogP contribution in [0, 0.1) is 0 Å². The molecular weight excluding hydrogens is 268 g/mol. The molecule has 114 valence electrons. The van der Waals surface area contributed by atoms with E-state index in [9.17, 15) is 0 Å². The average Bonchev–Trinajstić information content (AvgIpc) is 2.38. The molecule has 0 N–H and O–H groups in total. The number of hydrogen-bond acceptors (Lipinski definition) is 6. The van der Waals surface area contributed by atoms with Crippen LogP contribution in [0.1, 0.15) is 27.7 Å². The van der Waals surface area contributed by atoms with Crippen molar-refractivity contribution < 1.29 is 27.5 Å². The average molecular weight is 294 g/mol. The van der Waals surface area contributed by atoms with Gasteiger partial charge in [0.2, 0.25) is 0 Å². The van der Waals surface area contributed by atoms with Gasteiger partial charge < -0.3 is 27.5 Å². The van der Waals surface area contributed by atoms with Crippen LogP contribution >= 0.6 is 0 Å². The number of hydrogen-bond donors (Lipinski definition) is 0. The lowest BCUT2D eigenvalue weighted by Crippen LogP contribution is -2.51. The molecule has 19 heavy (non-hydrogen) atoms. The molecule has 0 aliphatic carbocycles. The van der Waals surface area contributed by atoms with Crippen molar-refractivity contribution in [3.8, 4) is 0 Å². The molecule has 0 spiro atoms. The van der Waals surface area contributed by atoms with Gasteiger partial charge in [-0.3, -0.25) is 0 Å². The van der Waals surface area contributed by atoms with Crippen molar-refractivity contribution in [2.45, 2.75) is 46.6 Å². The Morgan fingerprint density at radius 2 is 1.05 bits per heavy atom. The second kappa shape index (κ2) is 9.59. The van der Waals surface area contributed by atoms with Gasteiger partial charge in [0.05, 0.1) is 0 Å². The van der Waals surface area contributed by atoms with Crippen molar-refractivity contribution in [2.75, 3.05) is 21.3 Å². The third kappa shape index (κ3) is 7.16. The van der Waals surface area contributed by atoms with E-state index in [1.807, 2.05) is 13.0 Å². The molecule has 0 aliphatic rings. The van der Waals surface area contributed by atoms with Crippen molar-refractivity contribution in [1.29, 1.82) is 0 Å². The summed E-state index contributed by atoms with van der Waals surface area (Å²) in [6.45, 7) is 7.18. The standard InChI is InChI=1S/C12H26O6Si/c1-8-9-19(16-10(2)13-5,17-11(3)14-6)18-12(4)15-7/h8-12H,1-7H3/b9-8-. The minimum Gasteiger partial charge on any atom is -0.357 e. The Labute approximate surface area is 116 Å². The fourth-order valence-electron chi connectivity index (χ4n) is 1.24. The van der Waals surface area contributed by atoms with Crippen LogP contribution in [0.4, 0.5) is 0 Å². The lowest BCUT2D eigenvalue weighted by atomic mass is 10.8. The summed E-state index contributed by atoms with van der Waals surface area (Å²) in [5, 5.41) is 0. The molecule has 0 amide bonds. The monoisotopic (exact) mass is 294 g/mol. The summed E-state index contributed by atoms with van der Waals surface area (Å²) in [6.07, 6.45) is 0.433. The zero-order chi connectivity index (χ0) is 14.9. The van der Waals surface area contributed by atoms with E-state index < -0.39 is 27.7 Å². The molecule has 0 aromatic rings. The van der Waals surface area contributed by atoms with Crippen molar-refractivity contribution in [3.05, 3.63) is 11.8 Å². The first-order valence-electron chi connectivity index (χ1n) is 6.18. The molecule has 0 saturated heterocycles. The van der Waals surface area contributed by atoms with Crippen LogP contribution in [-0.2, 0) is 27.5 Å². The van der Waals surface area contributed by atoms with Crippen LogP contribution in [0.25, 0.3) is 0 Å². The maximum atomic E-state index is 5.80. The Morgan fingerprint density at radius 1 is 0.737 bits per heavy atom. The van der Waals surface area contributed by atoms with E-state index in [2.05, 4.69) is 0 Å². The first-order chi connectivity index (χ1) is 8.92. The van der Waals surface area contributed by atoms with E-state index in [0.717, 1.165) is 0 Å². The first-order valence-corrected chi connectivity index (χ1v) is 7.98. The summed E-state index contributed by atoms with van der Waals surface area (Å²) in [5.74, 6) is 0. The van der Waals surface area contributed by atoms with E-state index >= 15 is 0 Å². The van der Waals surface area contributed by atoms with Crippen LogP contribution in [0.2, 0.25) is 0 Å². The predicted octanol–water partition coefficient (Wildman–Crippen LogP) is 2.07. The third-order valence-corrected chi connectivity index (χ3v) is 5.08. The van der Waals surface area contributed by atoms with Gasteiger partial charge in [-0.1, -0.05) is 6.08 Å². The van der Waals surface area contributed by atoms with Gasteiger partial charge in [0, 0.05) is 21.3 Å². The summed E-state index contributed by atoms with van der Waals surface area (Å²) >= 11 is 0. The Morgan fingerprint density at radius 3 is 1.26 bits per heavy atom. The maximum absolute atomic E-state index is 5.80. The predicted molar refractivity (Wildman–Crippen MR) is 73.2 cm³/mol. The molecule has 0 fully saturated rings. The molecule has 0 aliphatic heterocycles. The van der Waals surface area contributed by atoms with E-state index in [1.165, 1.54) is 0 Å². The Hall–Kier alpha value is -0.283. The van der Waals surface area contributed by atoms with Crippen LogP contribution in [0.3, 0.4) is 0 Å². The molecule has 3 unspecified atom stereocenters. The smallest absolute Gasteiger partial charge is 0.357 e. The normalized spacial score (nSPS) is 20.2. The quantitative estimate of drug-likeness (QED) is 0.454. The molecule has 0 bridgehead atoms. The topological polar surface area (TPSA) is 55.4 Å². The third-order valence-electron chi connectivity index (χ3n) is 2.36. The van der Waals surface area contributed by atoms with E-state index in [4.69, 9.17) is 27.5 Å². The lowest BCUT2D eigenvalue weighted by Gasteiger charge is -2.32. The van der Waals surface area contributed by atoms with Crippen LogP contribution < -0.4 is 0 Å². The fourth-order valence-corrected chi connectivity index (χ4v) is 3.73. The van der Waals surface area contributed by atoms with Gasteiger partial charge >= 0.3 is 8.80 Å². The van der Waals surface area contributed by atoms with Gasteiger partial charge in [0.15, 0.2) is 0 Å². The number of rotatable bonds is 10. The zero-order valence-electron chi connectivity index (χ0n) is 12.8. The second-order valence-corrected chi connectivity index (χ2v) is 6.11. The summed E-state index contributed by atoms with van der Waals surface area (Å²) in [4.78, 5) is 0. The highest BCUT2D eigenvalue weighted by Gasteiger charge is 2.44. The number of allylic oxidation sites excluding steroid dienone is 1. The van der Waals surface area contributed by atoms with Gasteiger partial charge in [-0.25, -0.2) is 0 Å². The maximum Gasteiger partial charge on any atom is 0.535 e. The molecule has 6 nitrogen and oxygen atoms in total. The van der Waals surface area contributed by atoms with Crippen molar-refractivity contribution >= 4 is 8.80 Å². The van der Waals surface area contributed by atoms with E-state index in [-0.39, 0.29) is 0 Å². The Kier molecular flexibility index (Phi) is 9.45. The van der Waals surface area contributed by atoms with Gasteiger partial charge in [-0.05, 0) is 33.4 Å². The van der Waals surface area contributed by atoms with Crippen molar-refractivity contribution in [2.24, 2.45) is 0 Å². The first kappa shape index (κ1) is 18.7. The number of methoxy groups -OCH3 is 3. The molecule has 0 aromatic carbocycles. The fraction of sp³-hybridized carbons (Fsp3) is 0.833. The molecule has 0 heterocycles. The van der Waals surface area contributed by atoms with Gasteiger partial charge in [0.1, 0.15) is 18.9 Å². The summed E-state index contributed by atoms with van der Waals surface area (Å²) < 4.78 is 32.8. The molecule has 0 aromatic heterocycles. The van der Waals surface area contributed by atoms with Gasteiger partial charge in [-0.15, -0.1) is 0 Å². The summed E-state index contributed by atoms with van der Waals surface area (Å²) in [7, 11) is 1.56. The highest BCUT2D eigenvalue weighted by atomic mass is 28.4. The van der Waals surface area contributed by atoms with Crippen LogP contribution in [-0.4, -0.2) is 49.0 Å². The molecule has 0 radical (unpaired) electrons. The SMILES string of the molecule is C/C=C\[Si](OC(C)OC)(OC(C)OC)OC(C)OC.